The van der Waals surface area contributed by atoms with E-state index in [4.69, 9.17) is 11.6 Å². The molecule has 2 aromatic rings. The van der Waals surface area contributed by atoms with Crippen molar-refractivity contribution < 1.29 is 13.2 Å². The number of amides is 1. The summed E-state index contributed by atoms with van der Waals surface area (Å²) in [6.45, 7) is 1.92. The number of benzene rings is 2. The zero-order valence-corrected chi connectivity index (χ0v) is 13.6. The van der Waals surface area contributed by atoms with E-state index in [0.717, 1.165) is 5.56 Å². The van der Waals surface area contributed by atoms with Crippen molar-refractivity contribution in [1.29, 1.82) is 0 Å². The van der Waals surface area contributed by atoms with E-state index < -0.39 is 9.84 Å². The first-order valence-electron chi connectivity index (χ1n) is 6.72. The van der Waals surface area contributed by atoms with Crippen LogP contribution < -0.4 is 5.32 Å². The number of sulfone groups is 1. The standard InChI is InChI=1S/C16H16ClNO3S/c1-12-3-2-4-14(11-12)18-16(19)9-10-22(20,21)15-7-5-13(17)6-8-15/h2-8,11H,9-10H2,1H3,(H,18,19). The minimum atomic E-state index is -3.49. The van der Waals surface area contributed by atoms with Crippen LogP contribution in [0.2, 0.25) is 5.02 Å². The molecule has 0 unspecified atom stereocenters. The molecule has 0 radical (unpaired) electrons. The number of halogens is 1. The summed E-state index contributed by atoms with van der Waals surface area (Å²) in [5, 5.41) is 3.16. The fourth-order valence-electron chi connectivity index (χ4n) is 1.93. The summed E-state index contributed by atoms with van der Waals surface area (Å²) in [7, 11) is -3.49. The van der Waals surface area contributed by atoms with Gasteiger partial charge in [0.25, 0.3) is 0 Å². The number of hydrogen-bond acceptors (Lipinski definition) is 3. The van der Waals surface area contributed by atoms with E-state index in [1.165, 1.54) is 24.3 Å². The van der Waals surface area contributed by atoms with Crippen molar-refractivity contribution >= 4 is 33.0 Å². The molecule has 0 aliphatic carbocycles. The zero-order valence-electron chi connectivity index (χ0n) is 12.0. The highest BCUT2D eigenvalue weighted by atomic mass is 35.5. The molecule has 1 N–H and O–H groups in total. The minimum Gasteiger partial charge on any atom is -0.326 e. The Morgan fingerprint density at radius 3 is 2.45 bits per heavy atom. The first kappa shape index (κ1) is 16.5. The van der Waals surface area contributed by atoms with Crippen molar-refractivity contribution in [2.75, 3.05) is 11.1 Å². The average Bonchev–Trinajstić information content (AvgIpc) is 2.46. The lowest BCUT2D eigenvalue weighted by molar-refractivity contribution is -0.115. The van der Waals surface area contributed by atoms with E-state index in [-0.39, 0.29) is 23.0 Å². The SMILES string of the molecule is Cc1cccc(NC(=O)CCS(=O)(=O)c2ccc(Cl)cc2)c1. The van der Waals surface area contributed by atoms with Crippen LogP contribution >= 0.6 is 11.6 Å². The molecule has 22 heavy (non-hydrogen) atoms. The van der Waals surface area contributed by atoms with Gasteiger partial charge in [-0.3, -0.25) is 4.79 Å². The van der Waals surface area contributed by atoms with Crippen molar-refractivity contribution in [2.24, 2.45) is 0 Å². The molecule has 2 aromatic carbocycles. The molecule has 6 heteroatoms. The zero-order chi connectivity index (χ0) is 16.2. The quantitative estimate of drug-likeness (QED) is 0.908. The molecule has 0 saturated heterocycles. The van der Waals surface area contributed by atoms with Crippen molar-refractivity contribution in [3.63, 3.8) is 0 Å². The van der Waals surface area contributed by atoms with E-state index in [1.807, 2.05) is 25.1 Å². The van der Waals surface area contributed by atoms with Gasteiger partial charge in [-0.1, -0.05) is 23.7 Å². The molecule has 0 atom stereocenters. The molecule has 1 amide bonds. The monoisotopic (exact) mass is 337 g/mol. The lowest BCUT2D eigenvalue weighted by Crippen LogP contribution is -2.17. The lowest BCUT2D eigenvalue weighted by atomic mass is 10.2. The Bertz CT molecular complexity index is 770. The Hall–Kier alpha value is -1.85. The number of anilines is 1. The van der Waals surface area contributed by atoms with Crippen LogP contribution in [0.4, 0.5) is 5.69 Å². The molecule has 0 heterocycles. The molecule has 4 nitrogen and oxygen atoms in total. The highest BCUT2D eigenvalue weighted by molar-refractivity contribution is 7.91. The van der Waals surface area contributed by atoms with Crippen LogP contribution in [0.15, 0.2) is 53.4 Å². The van der Waals surface area contributed by atoms with Gasteiger partial charge in [-0.25, -0.2) is 8.42 Å². The van der Waals surface area contributed by atoms with Crippen LogP contribution in [0.5, 0.6) is 0 Å². The molecule has 2 rings (SSSR count). The number of carbonyl (C=O) groups is 1. The molecule has 116 valence electrons. The smallest absolute Gasteiger partial charge is 0.225 e. The number of carbonyl (C=O) groups excluding carboxylic acids is 1. The molecule has 0 aliphatic heterocycles. The fraction of sp³-hybridized carbons (Fsp3) is 0.188. The van der Waals surface area contributed by atoms with Gasteiger partial charge in [0.1, 0.15) is 0 Å². The highest BCUT2D eigenvalue weighted by Gasteiger charge is 2.16. The van der Waals surface area contributed by atoms with E-state index >= 15 is 0 Å². The minimum absolute atomic E-state index is 0.0983. The Balaban J connectivity index is 1.97. The van der Waals surface area contributed by atoms with Gasteiger partial charge in [0, 0.05) is 17.1 Å². The van der Waals surface area contributed by atoms with Crippen molar-refractivity contribution in [3.05, 3.63) is 59.1 Å². The Labute approximate surface area is 135 Å². The summed E-state index contributed by atoms with van der Waals surface area (Å²) in [6, 6.07) is 13.2. The predicted octanol–water partition coefficient (Wildman–Crippen LogP) is 3.45. The predicted molar refractivity (Wildman–Crippen MR) is 87.9 cm³/mol. The van der Waals surface area contributed by atoms with Crippen LogP contribution in [0.1, 0.15) is 12.0 Å². The number of aryl methyl sites for hydroxylation is 1. The third-order valence-corrected chi connectivity index (χ3v) is 5.06. The second-order valence-electron chi connectivity index (χ2n) is 4.94. The maximum atomic E-state index is 12.1. The van der Waals surface area contributed by atoms with Crippen molar-refractivity contribution in [3.8, 4) is 0 Å². The maximum Gasteiger partial charge on any atom is 0.225 e. The summed E-state index contributed by atoms with van der Waals surface area (Å²) in [4.78, 5) is 12.0. The molecule has 0 aromatic heterocycles. The normalized spacial score (nSPS) is 11.2. The summed E-state index contributed by atoms with van der Waals surface area (Å²) < 4.78 is 24.3. The molecular formula is C16H16ClNO3S. The van der Waals surface area contributed by atoms with Gasteiger partial charge in [-0.15, -0.1) is 0 Å². The average molecular weight is 338 g/mol. The Morgan fingerprint density at radius 2 is 1.82 bits per heavy atom. The molecular weight excluding hydrogens is 322 g/mol. The Kier molecular flexibility index (Phi) is 5.21. The van der Waals surface area contributed by atoms with Crippen LogP contribution in [0.3, 0.4) is 0 Å². The molecule has 0 fully saturated rings. The highest BCUT2D eigenvalue weighted by Crippen LogP contribution is 2.16. The first-order chi connectivity index (χ1) is 10.4. The van der Waals surface area contributed by atoms with Gasteiger partial charge < -0.3 is 5.32 Å². The van der Waals surface area contributed by atoms with Gasteiger partial charge in [-0.2, -0.15) is 0 Å². The molecule has 0 aliphatic rings. The number of rotatable bonds is 5. The molecule has 0 bridgehead atoms. The summed E-state index contributed by atoms with van der Waals surface area (Å²) in [5.41, 5.74) is 1.68. The van der Waals surface area contributed by atoms with E-state index in [1.54, 1.807) is 6.07 Å². The molecule has 0 saturated carbocycles. The van der Waals surface area contributed by atoms with Crippen LogP contribution in [0, 0.1) is 6.92 Å². The largest absolute Gasteiger partial charge is 0.326 e. The van der Waals surface area contributed by atoms with Crippen molar-refractivity contribution in [2.45, 2.75) is 18.2 Å². The third-order valence-electron chi connectivity index (χ3n) is 3.07. The van der Waals surface area contributed by atoms with Gasteiger partial charge in [0.05, 0.1) is 10.6 Å². The second-order valence-corrected chi connectivity index (χ2v) is 7.49. The van der Waals surface area contributed by atoms with E-state index in [2.05, 4.69) is 5.32 Å². The number of nitrogens with one attached hydrogen (secondary N) is 1. The Morgan fingerprint density at radius 1 is 1.14 bits per heavy atom. The van der Waals surface area contributed by atoms with Crippen LogP contribution in [-0.2, 0) is 14.6 Å². The summed E-state index contributed by atoms with van der Waals surface area (Å²) >= 11 is 5.73. The van der Waals surface area contributed by atoms with Crippen LogP contribution in [0.25, 0.3) is 0 Å². The van der Waals surface area contributed by atoms with Gasteiger partial charge >= 0.3 is 0 Å². The number of hydrogen-bond donors (Lipinski definition) is 1. The van der Waals surface area contributed by atoms with E-state index in [9.17, 15) is 13.2 Å². The van der Waals surface area contributed by atoms with Gasteiger partial charge in [0.2, 0.25) is 5.91 Å². The fourth-order valence-corrected chi connectivity index (χ4v) is 3.30. The van der Waals surface area contributed by atoms with Gasteiger partial charge in [-0.05, 0) is 48.9 Å². The van der Waals surface area contributed by atoms with Gasteiger partial charge in [0.15, 0.2) is 9.84 Å². The van der Waals surface area contributed by atoms with Crippen molar-refractivity contribution in [1.82, 2.24) is 0 Å². The maximum absolute atomic E-state index is 12.1. The van der Waals surface area contributed by atoms with E-state index in [0.29, 0.717) is 10.7 Å². The summed E-state index contributed by atoms with van der Waals surface area (Å²) in [6.07, 6.45) is -0.0983. The second kappa shape index (κ2) is 6.94. The third kappa shape index (κ3) is 4.58. The molecule has 0 spiro atoms. The first-order valence-corrected chi connectivity index (χ1v) is 8.75. The summed E-state index contributed by atoms with van der Waals surface area (Å²) in [5.74, 6) is -0.574. The van der Waals surface area contributed by atoms with Crippen LogP contribution in [-0.4, -0.2) is 20.1 Å². The topological polar surface area (TPSA) is 63.2 Å². The lowest BCUT2D eigenvalue weighted by Gasteiger charge is -2.07.